The van der Waals surface area contributed by atoms with Crippen molar-refractivity contribution in [3.63, 3.8) is 0 Å². The lowest BCUT2D eigenvalue weighted by atomic mass is 10.2. The second kappa shape index (κ2) is 8.93. The lowest BCUT2D eigenvalue weighted by molar-refractivity contribution is -0.384. The minimum atomic E-state index is -0.688. The minimum absolute atomic E-state index is 0.0571. The molecule has 0 fully saturated rings. The van der Waals surface area contributed by atoms with Crippen LogP contribution in [0.5, 0.6) is 5.88 Å². The zero-order chi connectivity index (χ0) is 20.8. The number of nitrogens with one attached hydrogen (secondary N) is 3. The van der Waals surface area contributed by atoms with E-state index in [0.29, 0.717) is 18.2 Å². The van der Waals surface area contributed by atoms with Gasteiger partial charge in [-0.3, -0.25) is 15.1 Å². The zero-order valence-corrected chi connectivity index (χ0v) is 15.3. The molecule has 0 aliphatic rings. The van der Waals surface area contributed by atoms with E-state index in [0.717, 1.165) is 6.20 Å². The smallest absolute Gasteiger partial charge is 0.311 e. The molecule has 0 radical (unpaired) electrons. The van der Waals surface area contributed by atoms with Crippen LogP contribution in [0.3, 0.4) is 0 Å². The summed E-state index contributed by atoms with van der Waals surface area (Å²) in [5.41, 5.74) is 0.120. The number of hydrogen-bond acceptors (Lipinski definition) is 9. The first-order valence-electron chi connectivity index (χ1n) is 8.59. The van der Waals surface area contributed by atoms with Gasteiger partial charge in [0.2, 0.25) is 11.7 Å². The molecule has 11 nitrogen and oxygen atoms in total. The van der Waals surface area contributed by atoms with Gasteiger partial charge in [-0.25, -0.2) is 14.5 Å². The number of hydrogen-bond donors (Lipinski definition) is 4. The Morgan fingerprint density at radius 1 is 1.34 bits per heavy atom. The van der Waals surface area contributed by atoms with E-state index in [9.17, 15) is 19.6 Å². The van der Waals surface area contributed by atoms with E-state index < -0.39 is 16.8 Å². The maximum Gasteiger partial charge on any atom is 0.311 e. The van der Waals surface area contributed by atoms with Gasteiger partial charge in [0.05, 0.1) is 36.1 Å². The van der Waals surface area contributed by atoms with Gasteiger partial charge in [-0.1, -0.05) is 0 Å². The molecule has 0 amide bonds. The average Bonchev–Trinajstić information content (AvgIpc) is 3.14. The average molecular weight is 403 g/mol. The molecule has 0 saturated heterocycles. The Kier molecular flexibility index (Phi) is 6.14. The molecule has 3 aromatic heterocycles. The molecule has 12 heteroatoms. The number of aliphatic hydroxyl groups is 1. The Morgan fingerprint density at radius 3 is 2.83 bits per heavy atom. The van der Waals surface area contributed by atoms with Gasteiger partial charge in [0.1, 0.15) is 11.6 Å². The maximum atomic E-state index is 13.1. The van der Waals surface area contributed by atoms with Crippen molar-refractivity contribution in [2.45, 2.75) is 13.0 Å². The van der Waals surface area contributed by atoms with Crippen molar-refractivity contribution < 1.29 is 19.2 Å². The fourth-order valence-electron chi connectivity index (χ4n) is 2.48. The van der Waals surface area contributed by atoms with Crippen molar-refractivity contribution in [2.75, 3.05) is 23.8 Å². The summed E-state index contributed by atoms with van der Waals surface area (Å²) in [6.07, 6.45) is 1.03. The van der Waals surface area contributed by atoms with E-state index in [1.54, 1.807) is 0 Å². The number of pyridine rings is 2. The number of H-pyrrole nitrogens is 1. The predicted octanol–water partition coefficient (Wildman–Crippen LogP) is 2.53. The molecule has 0 aromatic carbocycles. The van der Waals surface area contributed by atoms with Crippen molar-refractivity contribution in [2.24, 2.45) is 0 Å². The Labute approximate surface area is 164 Å². The molecule has 0 spiro atoms. The van der Waals surface area contributed by atoms with Crippen LogP contribution in [-0.4, -0.2) is 43.4 Å². The van der Waals surface area contributed by atoms with E-state index >= 15 is 0 Å². The van der Waals surface area contributed by atoms with Crippen molar-refractivity contribution in [3.05, 3.63) is 58.2 Å². The van der Waals surface area contributed by atoms with Crippen LogP contribution in [0.2, 0.25) is 0 Å². The number of anilines is 3. The maximum absolute atomic E-state index is 13.1. The van der Waals surface area contributed by atoms with Crippen LogP contribution in [0.25, 0.3) is 0 Å². The molecule has 0 unspecified atom stereocenters. The summed E-state index contributed by atoms with van der Waals surface area (Å²) in [6.45, 7) is 1.89. The van der Waals surface area contributed by atoms with Crippen LogP contribution >= 0.6 is 0 Å². The summed E-state index contributed by atoms with van der Waals surface area (Å²) < 4.78 is 18.3. The summed E-state index contributed by atoms with van der Waals surface area (Å²) in [5, 5.41) is 33.3. The molecule has 0 bridgehead atoms. The van der Waals surface area contributed by atoms with E-state index in [2.05, 4.69) is 30.8 Å². The summed E-state index contributed by atoms with van der Waals surface area (Å²) in [7, 11) is 0. The van der Waals surface area contributed by atoms with E-state index in [1.165, 1.54) is 30.3 Å². The van der Waals surface area contributed by atoms with Gasteiger partial charge >= 0.3 is 5.69 Å². The SMILES string of the molecule is CCOc1cc(Nc2nc(N[C@@H](CO)c3ccc(F)cn3)ccc2[N+](=O)[O-])n[nH]1. The molecule has 3 heterocycles. The van der Waals surface area contributed by atoms with Gasteiger partial charge in [-0.05, 0) is 25.1 Å². The summed E-state index contributed by atoms with van der Waals surface area (Å²) in [5.74, 6) is 0.354. The fraction of sp³-hybridized carbons (Fsp3) is 0.235. The van der Waals surface area contributed by atoms with Crippen LogP contribution in [0.15, 0.2) is 36.5 Å². The molecule has 1 atom stereocenters. The number of aromatic nitrogens is 4. The first kappa shape index (κ1) is 19.9. The first-order chi connectivity index (χ1) is 14.0. The van der Waals surface area contributed by atoms with Crippen molar-refractivity contribution in [1.82, 2.24) is 20.2 Å². The minimum Gasteiger partial charge on any atom is -0.478 e. The van der Waals surface area contributed by atoms with Gasteiger partial charge in [0.25, 0.3) is 0 Å². The molecule has 4 N–H and O–H groups in total. The number of aliphatic hydroxyl groups excluding tert-OH is 1. The standard InChI is InChI=1S/C17H18FN7O4/c1-2-29-16-7-15(23-24-16)22-17-13(25(27)28)5-6-14(21-17)20-12(9-26)11-4-3-10(18)8-19-11/h3-8,12,26H,2,9H2,1H3,(H3,20,21,22,23,24)/t12-/m0/s1. The summed E-state index contributed by atoms with van der Waals surface area (Å²) >= 11 is 0. The normalized spacial score (nSPS) is 11.7. The van der Waals surface area contributed by atoms with Crippen LogP contribution in [0.1, 0.15) is 18.7 Å². The lowest BCUT2D eigenvalue weighted by Gasteiger charge is -2.17. The number of nitrogens with zero attached hydrogens (tertiary/aromatic N) is 4. The number of aromatic amines is 1. The van der Waals surface area contributed by atoms with E-state index in [-0.39, 0.29) is 29.7 Å². The molecule has 0 aliphatic heterocycles. The second-order valence-electron chi connectivity index (χ2n) is 5.78. The van der Waals surface area contributed by atoms with Gasteiger partial charge in [-0.15, -0.1) is 0 Å². The monoisotopic (exact) mass is 403 g/mol. The number of nitro groups is 1. The number of rotatable bonds is 9. The molecular weight excluding hydrogens is 385 g/mol. The molecule has 3 aromatic rings. The zero-order valence-electron chi connectivity index (χ0n) is 15.3. The molecule has 0 saturated carbocycles. The van der Waals surface area contributed by atoms with Gasteiger partial charge in [0, 0.05) is 12.1 Å². The Morgan fingerprint density at radius 2 is 2.17 bits per heavy atom. The van der Waals surface area contributed by atoms with Crippen LogP contribution in [0.4, 0.5) is 27.5 Å². The number of ether oxygens (including phenoxy) is 1. The topological polar surface area (TPSA) is 151 Å². The van der Waals surface area contributed by atoms with Crippen molar-refractivity contribution in [3.8, 4) is 5.88 Å². The Balaban J connectivity index is 1.84. The Hall–Kier alpha value is -3.80. The van der Waals surface area contributed by atoms with Crippen molar-refractivity contribution >= 4 is 23.1 Å². The highest BCUT2D eigenvalue weighted by Gasteiger charge is 2.19. The lowest BCUT2D eigenvalue weighted by Crippen LogP contribution is -2.17. The molecule has 0 aliphatic carbocycles. The van der Waals surface area contributed by atoms with Crippen LogP contribution in [0, 0.1) is 15.9 Å². The third-order valence-electron chi connectivity index (χ3n) is 3.78. The summed E-state index contributed by atoms with van der Waals surface area (Å²) in [4.78, 5) is 18.9. The highest BCUT2D eigenvalue weighted by molar-refractivity contribution is 5.66. The molecule has 29 heavy (non-hydrogen) atoms. The fourth-order valence-corrected chi connectivity index (χ4v) is 2.48. The highest BCUT2D eigenvalue weighted by atomic mass is 19.1. The van der Waals surface area contributed by atoms with Gasteiger partial charge < -0.3 is 20.5 Å². The summed E-state index contributed by atoms with van der Waals surface area (Å²) in [6, 6.07) is 6.15. The predicted molar refractivity (Wildman–Crippen MR) is 102 cm³/mol. The molecule has 152 valence electrons. The first-order valence-corrected chi connectivity index (χ1v) is 8.59. The number of halogens is 1. The third kappa shape index (κ3) is 4.93. The van der Waals surface area contributed by atoms with Gasteiger partial charge in [-0.2, -0.15) is 5.10 Å². The second-order valence-corrected chi connectivity index (χ2v) is 5.78. The largest absolute Gasteiger partial charge is 0.478 e. The quantitative estimate of drug-likeness (QED) is 0.312. The van der Waals surface area contributed by atoms with Gasteiger partial charge in [0.15, 0.2) is 5.82 Å². The van der Waals surface area contributed by atoms with E-state index in [4.69, 9.17) is 4.74 Å². The molecular formula is C17H18FN7O4. The third-order valence-corrected chi connectivity index (χ3v) is 3.78. The van der Waals surface area contributed by atoms with Crippen LogP contribution in [-0.2, 0) is 0 Å². The van der Waals surface area contributed by atoms with Crippen LogP contribution < -0.4 is 15.4 Å². The highest BCUT2D eigenvalue weighted by Crippen LogP contribution is 2.28. The Bertz CT molecular complexity index is 980. The molecule has 3 rings (SSSR count). The van der Waals surface area contributed by atoms with E-state index in [1.807, 2.05) is 6.92 Å². The van der Waals surface area contributed by atoms with Crippen molar-refractivity contribution in [1.29, 1.82) is 0 Å².